The Bertz CT molecular complexity index is 504. The summed E-state index contributed by atoms with van der Waals surface area (Å²) in [5.41, 5.74) is 1.89. The van der Waals surface area contributed by atoms with E-state index in [1.54, 1.807) is 0 Å². The molecular formula is C16H21NO4. The van der Waals surface area contributed by atoms with Crippen molar-refractivity contribution in [1.29, 1.82) is 0 Å². The predicted molar refractivity (Wildman–Crippen MR) is 77.9 cm³/mol. The van der Waals surface area contributed by atoms with Crippen molar-refractivity contribution in [3.05, 3.63) is 35.4 Å². The molecule has 0 amide bonds. The highest BCUT2D eigenvalue weighted by Gasteiger charge is 2.33. The number of carboxylic acids is 1. The van der Waals surface area contributed by atoms with E-state index >= 15 is 0 Å². The Labute approximate surface area is 124 Å². The van der Waals surface area contributed by atoms with Gasteiger partial charge in [0.05, 0.1) is 13.0 Å². The second-order valence-electron chi connectivity index (χ2n) is 5.48. The number of carbonyl (C=O) groups is 2. The van der Waals surface area contributed by atoms with Crippen molar-refractivity contribution >= 4 is 11.9 Å². The fourth-order valence-electron chi connectivity index (χ4n) is 2.82. The second kappa shape index (κ2) is 6.72. The minimum absolute atomic E-state index is 0.112. The molecule has 0 aliphatic carbocycles. The summed E-state index contributed by atoms with van der Waals surface area (Å²) < 4.78 is 4.76. The fourth-order valence-corrected chi connectivity index (χ4v) is 2.82. The number of nitrogens with zero attached hydrogens (tertiary/aromatic N) is 1. The maximum absolute atomic E-state index is 11.6. The topological polar surface area (TPSA) is 66.8 Å². The molecule has 114 valence electrons. The maximum Gasteiger partial charge on any atom is 0.325 e. The molecule has 5 heteroatoms. The summed E-state index contributed by atoms with van der Waals surface area (Å²) in [5.74, 6) is -1.16. The molecule has 0 saturated carbocycles. The molecule has 21 heavy (non-hydrogen) atoms. The second-order valence-corrected chi connectivity index (χ2v) is 5.48. The molecule has 1 fully saturated rings. The van der Waals surface area contributed by atoms with Gasteiger partial charge in [0.2, 0.25) is 0 Å². The zero-order valence-corrected chi connectivity index (χ0v) is 12.4. The van der Waals surface area contributed by atoms with Crippen LogP contribution in [0.3, 0.4) is 0 Å². The molecule has 0 aromatic heterocycles. The van der Waals surface area contributed by atoms with Crippen LogP contribution < -0.4 is 0 Å². The van der Waals surface area contributed by atoms with Crippen molar-refractivity contribution in [2.45, 2.75) is 25.8 Å². The maximum atomic E-state index is 11.6. The Morgan fingerprint density at radius 1 is 1.24 bits per heavy atom. The molecule has 1 unspecified atom stereocenters. The molecule has 0 bridgehead atoms. The van der Waals surface area contributed by atoms with Gasteiger partial charge in [-0.15, -0.1) is 0 Å². The minimum atomic E-state index is -0.852. The van der Waals surface area contributed by atoms with Crippen molar-refractivity contribution in [2.75, 3.05) is 20.2 Å². The van der Waals surface area contributed by atoms with E-state index in [2.05, 4.69) is 0 Å². The number of benzene rings is 1. The highest BCUT2D eigenvalue weighted by Crippen LogP contribution is 2.28. The van der Waals surface area contributed by atoms with E-state index in [1.165, 1.54) is 7.11 Å². The molecule has 1 heterocycles. The van der Waals surface area contributed by atoms with Gasteiger partial charge in [0.25, 0.3) is 0 Å². The SMILES string of the molecule is COC(=O)C1CCN(C(C(=O)O)c2ccc(C)cc2)CC1. The summed E-state index contributed by atoms with van der Waals surface area (Å²) in [6.45, 7) is 3.15. The summed E-state index contributed by atoms with van der Waals surface area (Å²) in [6.07, 6.45) is 1.28. The third-order valence-electron chi connectivity index (χ3n) is 4.06. The Kier molecular flexibility index (Phi) is 4.96. The standard InChI is InChI=1S/C16H21NO4/c1-11-3-5-12(6-4-11)14(15(18)19)17-9-7-13(8-10-17)16(20)21-2/h3-6,13-14H,7-10H2,1-2H3,(H,18,19). The van der Waals surface area contributed by atoms with Crippen LogP contribution in [0, 0.1) is 12.8 Å². The van der Waals surface area contributed by atoms with Crippen LogP contribution in [0.5, 0.6) is 0 Å². The lowest BCUT2D eigenvalue weighted by Crippen LogP contribution is -2.41. The van der Waals surface area contributed by atoms with Crippen LogP contribution in [0.1, 0.15) is 30.0 Å². The Balaban J connectivity index is 2.09. The van der Waals surface area contributed by atoms with Gasteiger partial charge in [-0.2, -0.15) is 0 Å². The number of rotatable bonds is 4. The van der Waals surface area contributed by atoms with Gasteiger partial charge in [0, 0.05) is 13.1 Å². The lowest BCUT2D eigenvalue weighted by atomic mass is 9.94. The van der Waals surface area contributed by atoms with Crippen molar-refractivity contribution in [1.82, 2.24) is 4.90 Å². The number of likely N-dealkylation sites (tertiary alicyclic amines) is 1. The number of carboxylic acid groups (broad SMARTS) is 1. The minimum Gasteiger partial charge on any atom is -0.480 e. The molecule has 0 radical (unpaired) electrons. The first-order chi connectivity index (χ1) is 10.0. The zero-order valence-electron chi connectivity index (χ0n) is 12.4. The molecule has 1 saturated heterocycles. The smallest absolute Gasteiger partial charge is 0.325 e. The fraction of sp³-hybridized carbons (Fsp3) is 0.500. The summed E-state index contributed by atoms with van der Waals surface area (Å²) in [7, 11) is 1.39. The lowest BCUT2D eigenvalue weighted by Gasteiger charge is -2.34. The average Bonchev–Trinajstić information content (AvgIpc) is 2.49. The Hall–Kier alpha value is -1.88. The zero-order chi connectivity index (χ0) is 15.4. The number of aliphatic carboxylic acids is 1. The van der Waals surface area contributed by atoms with Crippen molar-refractivity contribution in [2.24, 2.45) is 5.92 Å². The molecule has 1 aromatic rings. The van der Waals surface area contributed by atoms with Gasteiger partial charge in [-0.25, -0.2) is 0 Å². The molecule has 1 atom stereocenters. The number of hydrogen-bond acceptors (Lipinski definition) is 4. The number of ether oxygens (including phenoxy) is 1. The van der Waals surface area contributed by atoms with Gasteiger partial charge in [-0.1, -0.05) is 29.8 Å². The molecule has 1 aromatic carbocycles. The van der Waals surface area contributed by atoms with Crippen LogP contribution in [0.2, 0.25) is 0 Å². The van der Waals surface area contributed by atoms with Crippen molar-refractivity contribution in [3.8, 4) is 0 Å². The van der Waals surface area contributed by atoms with Gasteiger partial charge in [-0.3, -0.25) is 14.5 Å². The first kappa shape index (κ1) is 15.5. The highest BCUT2D eigenvalue weighted by atomic mass is 16.5. The van der Waals surface area contributed by atoms with E-state index in [9.17, 15) is 14.7 Å². The quantitative estimate of drug-likeness (QED) is 0.860. The molecule has 5 nitrogen and oxygen atoms in total. The van der Waals surface area contributed by atoms with E-state index in [1.807, 2.05) is 36.1 Å². The molecule has 1 aliphatic heterocycles. The number of methoxy groups -OCH3 is 1. The van der Waals surface area contributed by atoms with Crippen LogP contribution in [0.25, 0.3) is 0 Å². The summed E-state index contributed by atoms with van der Waals surface area (Å²) in [6, 6.07) is 6.92. The normalized spacial score (nSPS) is 18.2. The molecular weight excluding hydrogens is 270 g/mol. The predicted octanol–water partition coefficient (Wildman–Crippen LogP) is 2.01. The first-order valence-corrected chi connectivity index (χ1v) is 7.14. The van der Waals surface area contributed by atoms with Gasteiger partial charge in [-0.05, 0) is 25.3 Å². The summed E-state index contributed by atoms with van der Waals surface area (Å²) >= 11 is 0. The molecule has 2 rings (SSSR count). The highest BCUT2D eigenvalue weighted by molar-refractivity contribution is 5.76. The lowest BCUT2D eigenvalue weighted by molar-refractivity contribution is -0.148. The van der Waals surface area contributed by atoms with Gasteiger partial charge >= 0.3 is 11.9 Å². The first-order valence-electron chi connectivity index (χ1n) is 7.14. The number of hydrogen-bond donors (Lipinski definition) is 1. The number of piperidine rings is 1. The van der Waals surface area contributed by atoms with Gasteiger partial charge < -0.3 is 9.84 Å². The summed E-state index contributed by atoms with van der Waals surface area (Å²) in [4.78, 5) is 25.1. The van der Waals surface area contributed by atoms with Gasteiger partial charge in [0.1, 0.15) is 6.04 Å². The van der Waals surface area contributed by atoms with E-state index in [-0.39, 0.29) is 11.9 Å². The van der Waals surface area contributed by atoms with Crippen molar-refractivity contribution in [3.63, 3.8) is 0 Å². The van der Waals surface area contributed by atoms with Crippen molar-refractivity contribution < 1.29 is 19.4 Å². The Morgan fingerprint density at radius 2 is 1.81 bits per heavy atom. The summed E-state index contributed by atoms with van der Waals surface area (Å²) in [5, 5.41) is 9.54. The van der Waals surface area contributed by atoms with E-state index in [4.69, 9.17) is 4.74 Å². The van der Waals surface area contributed by atoms with Crippen LogP contribution in [-0.4, -0.2) is 42.1 Å². The van der Waals surface area contributed by atoms with Crippen LogP contribution in [0.4, 0.5) is 0 Å². The number of aryl methyl sites for hydroxylation is 1. The molecule has 0 spiro atoms. The van der Waals surface area contributed by atoms with Gasteiger partial charge in [0.15, 0.2) is 0 Å². The number of carbonyl (C=O) groups excluding carboxylic acids is 1. The van der Waals surface area contributed by atoms with E-state index in [0.717, 1.165) is 11.1 Å². The molecule has 1 aliphatic rings. The largest absolute Gasteiger partial charge is 0.480 e. The number of esters is 1. The van der Waals surface area contributed by atoms with E-state index in [0.29, 0.717) is 25.9 Å². The Morgan fingerprint density at radius 3 is 2.29 bits per heavy atom. The third-order valence-corrected chi connectivity index (χ3v) is 4.06. The van der Waals surface area contributed by atoms with Crippen LogP contribution in [0.15, 0.2) is 24.3 Å². The molecule has 1 N–H and O–H groups in total. The third kappa shape index (κ3) is 3.61. The van der Waals surface area contributed by atoms with E-state index < -0.39 is 12.0 Å². The average molecular weight is 291 g/mol. The monoisotopic (exact) mass is 291 g/mol. The van der Waals surface area contributed by atoms with Crippen LogP contribution in [-0.2, 0) is 14.3 Å². The van der Waals surface area contributed by atoms with Crippen LogP contribution >= 0.6 is 0 Å².